The molecule has 122 valence electrons. The minimum Gasteiger partial charge on any atom is -0.448 e. The van der Waals surface area contributed by atoms with Crippen molar-refractivity contribution in [3.05, 3.63) is 16.1 Å². The Balaban J connectivity index is 1.67. The summed E-state index contributed by atoms with van der Waals surface area (Å²) in [5.41, 5.74) is 0.833. The third-order valence-corrected chi connectivity index (χ3v) is 4.62. The molecule has 0 spiro atoms. The van der Waals surface area contributed by atoms with E-state index in [9.17, 15) is 9.59 Å². The van der Waals surface area contributed by atoms with Crippen LogP contribution in [0.25, 0.3) is 0 Å². The molecule has 0 saturated carbocycles. The van der Waals surface area contributed by atoms with Crippen LogP contribution in [0.15, 0.2) is 5.38 Å². The van der Waals surface area contributed by atoms with Crippen LogP contribution in [0.5, 0.6) is 0 Å². The number of thiazole rings is 1. The van der Waals surface area contributed by atoms with E-state index in [2.05, 4.69) is 31.1 Å². The van der Waals surface area contributed by atoms with Gasteiger partial charge in [0.1, 0.15) is 6.61 Å². The maximum Gasteiger partial charge on any atom is 0.409 e. The summed E-state index contributed by atoms with van der Waals surface area (Å²) < 4.78 is 4.84. The number of amides is 2. The van der Waals surface area contributed by atoms with Crippen LogP contribution in [-0.2, 0) is 21.4 Å². The molecule has 22 heavy (non-hydrogen) atoms. The second-order valence-corrected chi connectivity index (χ2v) is 7.23. The predicted molar refractivity (Wildman–Crippen MR) is 85.1 cm³/mol. The molecular weight excluding hydrogens is 302 g/mol. The summed E-state index contributed by atoms with van der Waals surface area (Å²) in [4.78, 5) is 29.3. The van der Waals surface area contributed by atoms with Gasteiger partial charge in [-0.25, -0.2) is 9.78 Å². The van der Waals surface area contributed by atoms with E-state index < -0.39 is 0 Å². The van der Waals surface area contributed by atoms with Crippen LogP contribution in [0.1, 0.15) is 37.9 Å². The Bertz CT molecular complexity index is 536. The van der Waals surface area contributed by atoms with Gasteiger partial charge in [0.15, 0.2) is 0 Å². The van der Waals surface area contributed by atoms with E-state index in [1.165, 1.54) is 0 Å². The van der Waals surface area contributed by atoms with Crippen LogP contribution in [0, 0.1) is 0 Å². The second kappa shape index (κ2) is 7.09. The summed E-state index contributed by atoms with van der Waals surface area (Å²) in [6.07, 6.45) is 0.771. The molecular formula is C15H23N3O3S. The summed E-state index contributed by atoms with van der Waals surface area (Å²) in [6, 6.07) is 0. The highest BCUT2D eigenvalue weighted by molar-refractivity contribution is 7.09. The summed E-state index contributed by atoms with van der Waals surface area (Å²) >= 11 is 1.59. The van der Waals surface area contributed by atoms with E-state index in [1.807, 2.05) is 5.38 Å². The minimum absolute atomic E-state index is 0.0176. The summed E-state index contributed by atoms with van der Waals surface area (Å²) in [6.45, 7) is 8.60. The van der Waals surface area contributed by atoms with Crippen molar-refractivity contribution >= 4 is 23.3 Å². The van der Waals surface area contributed by atoms with Gasteiger partial charge in [-0.1, -0.05) is 20.8 Å². The number of carbonyl (C=O) groups is 2. The lowest BCUT2D eigenvalue weighted by Gasteiger charge is -2.13. The number of cyclic esters (lactones) is 1. The van der Waals surface area contributed by atoms with E-state index in [1.54, 1.807) is 16.2 Å². The van der Waals surface area contributed by atoms with Gasteiger partial charge in [-0.15, -0.1) is 11.3 Å². The standard InChI is InChI=1S/C15H23N3O3S/c1-15(2,3)13-17-11(10-22-13)9-12(19)16-5-4-6-18-7-8-21-14(18)20/h10H,4-9H2,1-3H3,(H,16,19). The molecule has 0 radical (unpaired) electrons. The first kappa shape index (κ1) is 16.7. The number of ether oxygens (including phenoxy) is 1. The van der Waals surface area contributed by atoms with Crippen molar-refractivity contribution in [3.8, 4) is 0 Å². The smallest absolute Gasteiger partial charge is 0.409 e. The lowest BCUT2D eigenvalue weighted by molar-refractivity contribution is -0.120. The molecule has 0 atom stereocenters. The molecule has 0 aliphatic carbocycles. The van der Waals surface area contributed by atoms with Crippen molar-refractivity contribution in [1.29, 1.82) is 0 Å². The first-order chi connectivity index (χ1) is 10.4. The SMILES string of the molecule is CC(C)(C)c1nc(CC(=O)NCCCN2CCOC2=O)cs1. The van der Waals surface area contributed by atoms with Crippen LogP contribution < -0.4 is 5.32 Å². The number of carbonyl (C=O) groups excluding carboxylic acids is 2. The summed E-state index contributed by atoms with van der Waals surface area (Å²) in [7, 11) is 0. The van der Waals surface area contributed by atoms with Crippen LogP contribution in [-0.4, -0.2) is 48.1 Å². The topological polar surface area (TPSA) is 71.5 Å². The van der Waals surface area contributed by atoms with E-state index in [0.29, 0.717) is 32.7 Å². The minimum atomic E-state index is -0.261. The van der Waals surface area contributed by atoms with Gasteiger partial charge in [-0.3, -0.25) is 4.79 Å². The van der Waals surface area contributed by atoms with Gasteiger partial charge in [0.2, 0.25) is 5.91 Å². The van der Waals surface area contributed by atoms with E-state index >= 15 is 0 Å². The van der Waals surface area contributed by atoms with Crippen molar-refractivity contribution in [2.24, 2.45) is 0 Å². The predicted octanol–water partition coefficient (Wildman–Crippen LogP) is 1.94. The molecule has 1 aliphatic heterocycles. The van der Waals surface area contributed by atoms with Crippen molar-refractivity contribution in [2.45, 2.75) is 39.0 Å². The Morgan fingerprint density at radius 1 is 1.50 bits per heavy atom. The molecule has 1 aromatic rings. The third kappa shape index (κ3) is 4.69. The third-order valence-electron chi connectivity index (χ3n) is 3.31. The number of nitrogens with zero attached hydrogens (tertiary/aromatic N) is 2. The molecule has 1 aliphatic rings. The molecule has 1 saturated heterocycles. The van der Waals surface area contributed by atoms with Gasteiger partial charge in [0.25, 0.3) is 0 Å². The van der Waals surface area contributed by atoms with Crippen molar-refractivity contribution < 1.29 is 14.3 Å². The highest BCUT2D eigenvalue weighted by Gasteiger charge is 2.21. The average Bonchev–Trinajstić information content (AvgIpc) is 3.04. The van der Waals surface area contributed by atoms with Gasteiger partial charge < -0.3 is 15.0 Å². The zero-order valence-electron chi connectivity index (χ0n) is 13.3. The number of rotatable bonds is 6. The van der Waals surface area contributed by atoms with Crippen molar-refractivity contribution in [3.63, 3.8) is 0 Å². The van der Waals surface area contributed by atoms with Gasteiger partial charge >= 0.3 is 6.09 Å². The Labute approximate surface area is 134 Å². The zero-order chi connectivity index (χ0) is 16.2. The second-order valence-electron chi connectivity index (χ2n) is 6.38. The lowest BCUT2D eigenvalue weighted by Crippen LogP contribution is -2.31. The van der Waals surface area contributed by atoms with Crippen LogP contribution in [0.3, 0.4) is 0 Å². The van der Waals surface area contributed by atoms with Crippen molar-refractivity contribution in [1.82, 2.24) is 15.2 Å². The maximum absolute atomic E-state index is 11.9. The molecule has 0 bridgehead atoms. The first-order valence-corrected chi connectivity index (χ1v) is 8.37. The summed E-state index contributed by atoms with van der Waals surface area (Å²) in [5.74, 6) is -0.0326. The van der Waals surface area contributed by atoms with Crippen LogP contribution >= 0.6 is 11.3 Å². The van der Waals surface area contributed by atoms with Crippen molar-refractivity contribution in [2.75, 3.05) is 26.2 Å². The molecule has 1 aromatic heterocycles. The van der Waals surface area contributed by atoms with Gasteiger partial charge in [-0.2, -0.15) is 0 Å². The molecule has 7 heteroatoms. The van der Waals surface area contributed by atoms with E-state index in [4.69, 9.17) is 4.74 Å². The fourth-order valence-corrected chi connectivity index (χ4v) is 2.99. The number of hydrogen-bond donors (Lipinski definition) is 1. The fraction of sp³-hybridized carbons (Fsp3) is 0.667. The van der Waals surface area contributed by atoms with Crippen LogP contribution in [0.4, 0.5) is 4.79 Å². The van der Waals surface area contributed by atoms with Crippen LogP contribution in [0.2, 0.25) is 0 Å². The average molecular weight is 325 g/mol. The molecule has 1 N–H and O–H groups in total. The normalized spacial score (nSPS) is 15.0. The van der Waals surface area contributed by atoms with E-state index in [0.717, 1.165) is 17.1 Å². The molecule has 0 aromatic carbocycles. The van der Waals surface area contributed by atoms with Gasteiger partial charge in [0, 0.05) is 23.9 Å². The Morgan fingerprint density at radius 3 is 2.86 bits per heavy atom. The number of aromatic nitrogens is 1. The largest absolute Gasteiger partial charge is 0.448 e. The quantitative estimate of drug-likeness (QED) is 0.811. The Kier molecular flexibility index (Phi) is 5.39. The first-order valence-electron chi connectivity index (χ1n) is 7.49. The lowest BCUT2D eigenvalue weighted by atomic mass is 9.98. The van der Waals surface area contributed by atoms with Gasteiger partial charge in [0.05, 0.1) is 23.7 Å². The fourth-order valence-electron chi connectivity index (χ4n) is 2.09. The molecule has 2 heterocycles. The highest BCUT2D eigenvalue weighted by atomic mass is 32.1. The highest BCUT2D eigenvalue weighted by Crippen LogP contribution is 2.25. The molecule has 2 rings (SSSR count). The molecule has 2 amide bonds. The zero-order valence-corrected chi connectivity index (χ0v) is 14.2. The Morgan fingerprint density at radius 2 is 2.27 bits per heavy atom. The Hall–Kier alpha value is -1.63. The number of hydrogen-bond acceptors (Lipinski definition) is 5. The molecule has 6 nitrogen and oxygen atoms in total. The molecule has 1 fully saturated rings. The monoisotopic (exact) mass is 325 g/mol. The maximum atomic E-state index is 11.9. The molecule has 0 unspecified atom stereocenters. The number of nitrogens with one attached hydrogen (secondary N) is 1. The van der Waals surface area contributed by atoms with Gasteiger partial charge in [-0.05, 0) is 6.42 Å². The summed E-state index contributed by atoms with van der Waals surface area (Å²) in [5, 5.41) is 5.85. The van der Waals surface area contributed by atoms with E-state index in [-0.39, 0.29) is 17.4 Å².